The van der Waals surface area contributed by atoms with Crippen LogP contribution in [0.5, 0.6) is 0 Å². The highest BCUT2D eigenvalue weighted by atomic mass is 35.5. The summed E-state index contributed by atoms with van der Waals surface area (Å²) in [5.74, 6) is -0.511. The summed E-state index contributed by atoms with van der Waals surface area (Å²) in [7, 11) is 2.95. The largest absolute Gasteiger partial charge is 0.416 e. The van der Waals surface area contributed by atoms with Crippen molar-refractivity contribution in [3.8, 4) is 0 Å². The number of benzene rings is 1. The fourth-order valence-electron chi connectivity index (χ4n) is 1.64. The van der Waals surface area contributed by atoms with Crippen molar-refractivity contribution in [2.24, 2.45) is 5.73 Å². The molecule has 0 bridgehead atoms. The Kier molecular flexibility index (Phi) is 4.17. The first kappa shape index (κ1) is 15.8. The topological polar surface area (TPSA) is 46.3 Å². The van der Waals surface area contributed by atoms with E-state index in [1.807, 2.05) is 0 Å². The fourth-order valence-corrected chi connectivity index (χ4v) is 1.88. The predicted octanol–water partition coefficient (Wildman–Crippen LogP) is 2.62. The van der Waals surface area contributed by atoms with Gasteiger partial charge in [0.2, 0.25) is 5.91 Å². The van der Waals surface area contributed by atoms with E-state index >= 15 is 0 Å². The number of nitrogens with zero attached hydrogens (tertiary/aromatic N) is 1. The standard InChI is InChI=1S/C12H14ClF3N2O/c1-11(17,10(19)18(2)3)7-4-8(12(14,15)16)6-9(13)5-7/h4-6H,17H2,1-3H3. The zero-order valence-electron chi connectivity index (χ0n) is 10.7. The van der Waals surface area contributed by atoms with Gasteiger partial charge in [0, 0.05) is 19.1 Å². The van der Waals surface area contributed by atoms with Crippen LogP contribution >= 0.6 is 11.6 Å². The normalized spacial score (nSPS) is 14.9. The lowest BCUT2D eigenvalue weighted by Gasteiger charge is -2.28. The van der Waals surface area contributed by atoms with Crippen LogP contribution in [0.4, 0.5) is 13.2 Å². The second-order valence-electron chi connectivity index (χ2n) is 4.63. The molecule has 19 heavy (non-hydrogen) atoms. The van der Waals surface area contributed by atoms with Gasteiger partial charge in [-0.1, -0.05) is 11.6 Å². The molecule has 1 amide bonds. The van der Waals surface area contributed by atoms with E-state index in [4.69, 9.17) is 17.3 Å². The molecule has 0 spiro atoms. The van der Waals surface area contributed by atoms with E-state index in [9.17, 15) is 18.0 Å². The summed E-state index contributed by atoms with van der Waals surface area (Å²) in [5, 5.41) is -0.118. The molecule has 0 saturated carbocycles. The molecule has 0 aliphatic carbocycles. The molecule has 7 heteroatoms. The minimum atomic E-state index is -4.54. The maximum atomic E-state index is 12.7. The van der Waals surface area contributed by atoms with Crippen molar-refractivity contribution in [3.05, 3.63) is 34.3 Å². The lowest BCUT2D eigenvalue weighted by atomic mass is 9.90. The molecule has 1 aromatic rings. The van der Waals surface area contributed by atoms with Gasteiger partial charge in [-0.2, -0.15) is 13.2 Å². The summed E-state index contributed by atoms with van der Waals surface area (Å²) >= 11 is 5.67. The summed E-state index contributed by atoms with van der Waals surface area (Å²) in [5.41, 5.74) is 3.36. The molecule has 0 aliphatic rings. The fraction of sp³-hybridized carbons (Fsp3) is 0.417. The van der Waals surface area contributed by atoms with Crippen molar-refractivity contribution in [2.75, 3.05) is 14.1 Å². The number of rotatable bonds is 2. The monoisotopic (exact) mass is 294 g/mol. The van der Waals surface area contributed by atoms with Gasteiger partial charge in [-0.3, -0.25) is 4.79 Å². The Morgan fingerprint density at radius 2 is 1.68 bits per heavy atom. The lowest BCUT2D eigenvalue weighted by molar-refractivity contribution is -0.138. The third-order valence-electron chi connectivity index (χ3n) is 2.68. The minimum absolute atomic E-state index is 0.0195. The number of likely N-dealkylation sites (N-methyl/N-ethyl adjacent to an activating group) is 1. The minimum Gasteiger partial charge on any atom is -0.347 e. The molecule has 0 heterocycles. The van der Waals surface area contributed by atoms with Crippen LogP contribution in [0, 0.1) is 0 Å². The first-order valence-electron chi connectivity index (χ1n) is 5.35. The third kappa shape index (κ3) is 3.39. The van der Waals surface area contributed by atoms with Crippen LogP contribution in [-0.4, -0.2) is 24.9 Å². The molecule has 0 aromatic heterocycles. The molecule has 0 radical (unpaired) electrons. The number of hydrogen-bond acceptors (Lipinski definition) is 2. The quantitative estimate of drug-likeness (QED) is 0.911. The van der Waals surface area contributed by atoms with Gasteiger partial charge in [0.05, 0.1) is 5.56 Å². The SMILES string of the molecule is CN(C)C(=O)C(C)(N)c1cc(Cl)cc(C(F)(F)F)c1. The van der Waals surface area contributed by atoms with Gasteiger partial charge in [0.15, 0.2) is 0 Å². The van der Waals surface area contributed by atoms with Crippen LogP contribution in [-0.2, 0) is 16.5 Å². The summed E-state index contributed by atoms with van der Waals surface area (Å²) < 4.78 is 38.1. The first-order valence-corrected chi connectivity index (χ1v) is 5.73. The van der Waals surface area contributed by atoms with Gasteiger partial charge < -0.3 is 10.6 Å². The average molecular weight is 295 g/mol. The van der Waals surface area contributed by atoms with Crippen molar-refractivity contribution in [2.45, 2.75) is 18.6 Å². The second kappa shape index (κ2) is 5.02. The van der Waals surface area contributed by atoms with Crippen molar-refractivity contribution >= 4 is 17.5 Å². The molecule has 0 saturated heterocycles. The smallest absolute Gasteiger partial charge is 0.347 e. The highest BCUT2D eigenvalue weighted by Gasteiger charge is 2.36. The Morgan fingerprint density at radius 1 is 1.21 bits per heavy atom. The van der Waals surface area contributed by atoms with E-state index in [-0.39, 0.29) is 10.6 Å². The molecule has 1 unspecified atom stereocenters. The van der Waals surface area contributed by atoms with E-state index < -0.39 is 23.2 Å². The van der Waals surface area contributed by atoms with Gasteiger partial charge >= 0.3 is 6.18 Å². The number of carbonyl (C=O) groups excluding carboxylic acids is 1. The van der Waals surface area contributed by atoms with Crippen LogP contribution in [0.25, 0.3) is 0 Å². The Morgan fingerprint density at radius 3 is 2.11 bits per heavy atom. The molecular formula is C12H14ClF3N2O. The van der Waals surface area contributed by atoms with Crippen LogP contribution in [0.15, 0.2) is 18.2 Å². The molecule has 1 rings (SSSR count). The third-order valence-corrected chi connectivity index (χ3v) is 2.89. The molecule has 106 valence electrons. The number of nitrogens with two attached hydrogens (primary N) is 1. The van der Waals surface area contributed by atoms with Crippen LogP contribution < -0.4 is 5.73 Å². The van der Waals surface area contributed by atoms with Crippen LogP contribution in [0.3, 0.4) is 0 Å². The summed E-state index contributed by atoms with van der Waals surface area (Å²) in [6.07, 6.45) is -4.54. The molecule has 2 N–H and O–H groups in total. The van der Waals surface area contributed by atoms with Crippen LogP contribution in [0.2, 0.25) is 5.02 Å². The van der Waals surface area contributed by atoms with Crippen molar-refractivity contribution in [3.63, 3.8) is 0 Å². The number of alkyl halides is 3. The summed E-state index contributed by atoms with van der Waals surface area (Å²) in [6.45, 7) is 1.35. The zero-order chi connectivity index (χ0) is 15.0. The van der Waals surface area contributed by atoms with E-state index in [1.54, 1.807) is 0 Å². The highest BCUT2D eigenvalue weighted by molar-refractivity contribution is 6.30. The van der Waals surface area contributed by atoms with Crippen molar-refractivity contribution in [1.82, 2.24) is 4.90 Å². The number of halogens is 4. The van der Waals surface area contributed by atoms with Crippen LogP contribution in [0.1, 0.15) is 18.1 Å². The van der Waals surface area contributed by atoms with E-state index in [0.29, 0.717) is 0 Å². The maximum absolute atomic E-state index is 12.7. The molecule has 3 nitrogen and oxygen atoms in total. The summed E-state index contributed by atoms with van der Waals surface area (Å²) in [4.78, 5) is 13.1. The van der Waals surface area contributed by atoms with Crippen molar-refractivity contribution in [1.29, 1.82) is 0 Å². The Balaban J connectivity index is 3.36. The zero-order valence-corrected chi connectivity index (χ0v) is 11.4. The molecule has 1 aromatic carbocycles. The Labute approximate surface area is 114 Å². The van der Waals surface area contributed by atoms with Crippen molar-refractivity contribution < 1.29 is 18.0 Å². The van der Waals surface area contributed by atoms with Gasteiger partial charge in [-0.25, -0.2) is 0 Å². The second-order valence-corrected chi connectivity index (χ2v) is 5.06. The summed E-state index contributed by atoms with van der Waals surface area (Å²) in [6, 6.07) is 2.90. The van der Waals surface area contributed by atoms with E-state index in [1.165, 1.54) is 32.0 Å². The molecule has 0 fully saturated rings. The lowest BCUT2D eigenvalue weighted by Crippen LogP contribution is -2.48. The van der Waals surface area contributed by atoms with Gasteiger partial charge in [-0.05, 0) is 30.7 Å². The van der Waals surface area contributed by atoms with E-state index in [0.717, 1.165) is 12.1 Å². The van der Waals surface area contributed by atoms with Gasteiger partial charge in [0.1, 0.15) is 5.54 Å². The molecule has 0 aliphatic heterocycles. The maximum Gasteiger partial charge on any atom is 0.416 e. The molecule has 1 atom stereocenters. The Bertz CT molecular complexity index is 498. The Hall–Kier alpha value is -1.27. The number of carbonyl (C=O) groups is 1. The van der Waals surface area contributed by atoms with Gasteiger partial charge in [-0.15, -0.1) is 0 Å². The average Bonchev–Trinajstić information content (AvgIpc) is 2.25. The number of amides is 1. The molecular weight excluding hydrogens is 281 g/mol. The van der Waals surface area contributed by atoms with Gasteiger partial charge in [0.25, 0.3) is 0 Å². The first-order chi connectivity index (χ1) is 8.46. The number of hydrogen-bond donors (Lipinski definition) is 1. The van der Waals surface area contributed by atoms with E-state index in [2.05, 4.69) is 0 Å². The highest BCUT2D eigenvalue weighted by Crippen LogP contribution is 2.34. The predicted molar refractivity (Wildman–Crippen MR) is 66.7 cm³/mol.